The van der Waals surface area contributed by atoms with Crippen molar-refractivity contribution in [3.8, 4) is 11.5 Å². The van der Waals surface area contributed by atoms with Crippen LogP contribution in [0.5, 0.6) is 11.5 Å². The molecule has 0 spiro atoms. The number of para-hydroxylation sites is 1. The number of amides is 2. The fourth-order valence-electron chi connectivity index (χ4n) is 5.45. The van der Waals surface area contributed by atoms with Gasteiger partial charge >= 0.3 is 5.97 Å². The molecule has 45 heavy (non-hydrogen) atoms. The lowest BCUT2D eigenvalue weighted by atomic mass is 10.0. The molecule has 4 aromatic rings. The van der Waals surface area contributed by atoms with Crippen molar-refractivity contribution in [2.75, 3.05) is 41.0 Å². The van der Waals surface area contributed by atoms with Crippen molar-refractivity contribution < 1.29 is 33.3 Å². The third-order valence-electron chi connectivity index (χ3n) is 7.85. The summed E-state index contributed by atoms with van der Waals surface area (Å²) < 4.78 is 23.0. The molecule has 1 saturated heterocycles. The van der Waals surface area contributed by atoms with Gasteiger partial charge in [-0.25, -0.2) is 9.48 Å². The highest BCUT2D eigenvalue weighted by Gasteiger charge is 2.33. The van der Waals surface area contributed by atoms with Crippen LogP contribution in [0.25, 0.3) is 11.0 Å². The molecule has 12 heteroatoms. The number of rotatable bonds is 13. The van der Waals surface area contributed by atoms with E-state index in [1.807, 2.05) is 36.4 Å². The Labute approximate surface area is 261 Å². The molecule has 2 heterocycles. The number of carbonyl (C=O) groups excluding carboxylic acids is 3. The molecule has 0 bridgehead atoms. The molecule has 0 unspecified atom stereocenters. The first-order valence-corrected chi connectivity index (χ1v) is 14.8. The maximum absolute atomic E-state index is 14.2. The number of hydrogen-bond donors (Lipinski definition) is 1. The monoisotopic (exact) mass is 615 g/mol. The second kappa shape index (κ2) is 14.7. The van der Waals surface area contributed by atoms with Crippen LogP contribution in [0.4, 0.5) is 0 Å². The van der Waals surface area contributed by atoms with Crippen LogP contribution < -0.4 is 14.8 Å². The van der Waals surface area contributed by atoms with Gasteiger partial charge in [-0.15, -0.1) is 5.10 Å². The van der Waals surface area contributed by atoms with Gasteiger partial charge in [0.15, 0.2) is 11.5 Å². The standard InChI is InChI=1S/C33H37N5O7/c1-42-28-15-10-22(19-29(28)43-2)16-17-37(30(39)21-38-27-9-5-4-8-26(27)35-36-38)31(32(40)34-20-25-7-6-18-45-25)23-11-13-24(14-12-23)33(41)44-3/h4-5,8-15,19,25,31H,6-7,16-18,20-21H2,1-3H3,(H,34,40)/t25-,31-/m0/s1. The number of carbonyl (C=O) groups is 3. The maximum Gasteiger partial charge on any atom is 0.337 e. The molecule has 0 aliphatic carbocycles. The van der Waals surface area contributed by atoms with E-state index in [0.29, 0.717) is 53.2 Å². The Kier molecular flexibility index (Phi) is 10.3. The summed E-state index contributed by atoms with van der Waals surface area (Å²) >= 11 is 0. The molecule has 1 aliphatic rings. The van der Waals surface area contributed by atoms with E-state index in [9.17, 15) is 14.4 Å². The zero-order valence-electron chi connectivity index (χ0n) is 25.6. The molecule has 2 amide bonds. The fourth-order valence-corrected chi connectivity index (χ4v) is 5.45. The Morgan fingerprint density at radius 1 is 1.02 bits per heavy atom. The zero-order valence-corrected chi connectivity index (χ0v) is 25.6. The van der Waals surface area contributed by atoms with Crippen molar-refractivity contribution >= 4 is 28.8 Å². The summed E-state index contributed by atoms with van der Waals surface area (Å²) in [5.74, 6) is -0.0446. The van der Waals surface area contributed by atoms with E-state index >= 15 is 0 Å². The van der Waals surface area contributed by atoms with Crippen LogP contribution in [0, 0.1) is 0 Å². The third-order valence-corrected chi connectivity index (χ3v) is 7.85. The van der Waals surface area contributed by atoms with Gasteiger partial charge in [-0.3, -0.25) is 9.59 Å². The predicted molar refractivity (Wildman–Crippen MR) is 165 cm³/mol. The lowest BCUT2D eigenvalue weighted by Gasteiger charge is -2.32. The minimum atomic E-state index is -1.01. The van der Waals surface area contributed by atoms with Crippen molar-refractivity contribution in [2.45, 2.75) is 38.0 Å². The number of benzene rings is 3. The van der Waals surface area contributed by atoms with Gasteiger partial charge in [0, 0.05) is 19.7 Å². The van der Waals surface area contributed by atoms with E-state index in [0.717, 1.165) is 18.4 Å². The molecule has 0 saturated carbocycles. The zero-order chi connectivity index (χ0) is 31.8. The van der Waals surface area contributed by atoms with Gasteiger partial charge < -0.3 is 29.2 Å². The molecule has 3 aromatic carbocycles. The van der Waals surface area contributed by atoms with Gasteiger partial charge in [-0.2, -0.15) is 0 Å². The van der Waals surface area contributed by atoms with Gasteiger partial charge in [0.1, 0.15) is 18.1 Å². The molecular formula is C33H37N5O7. The van der Waals surface area contributed by atoms with E-state index in [1.54, 1.807) is 49.5 Å². The van der Waals surface area contributed by atoms with E-state index < -0.39 is 12.0 Å². The maximum atomic E-state index is 14.2. The van der Waals surface area contributed by atoms with Crippen LogP contribution in [0.3, 0.4) is 0 Å². The minimum Gasteiger partial charge on any atom is -0.493 e. The average molecular weight is 616 g/mol. The van der Waals surface area contributed by atoms with Gasteiger partial charge in [0.25, 0.3) is 0 Å². The summed E-state index contributed by atoms with van der Waals surface area (Å²) in [4.78, 5) is 41.9. The van der Waals surface area contributed by atoms with E-state index in [4.69, 9.17) is 18.9 Å². The number of nitrogens with one attached hydrogen (secondary N) is 1. The molecule has 1 aromatic heterocycles. The summed E-state index contributed by atoms with van der Waals surface area (Å²) in [6.45, 7) is 1.03. The van der Waals surface area contributed by atoms with Crippen molar-refractivity contribution in [3.63, 3.8) is 0 Å². The summed E-state index contributed by atoms with van der Waals surface area (Å²) in [6, 6.07) is 18.4. The topological polar surface area (TPSA) is 134 Å². The first kappa shape index (κ1) is 31.5. The molecule has 1 aliphatic heterocycles. The lowest BCUT2D eigenvalue weighted by Crippen LogP contribution is -2.47. The van der Waals surface area contributed by atoms with Crippen molar-refractivity contribution in [3.05, 3.63) is 83.4 Å². The van der Waals surface area contributed by atoms with Gasteiger partial charge in [0.05, 0.1) is 38.5 Å². The van der Waals surface area contributed by atoms with Crippen molar-refractivity contribution in [2.24, 2.45) is 0 Å². The Bertz CT molecular complexity index is 1630. The number of hydrogen-bond acceptors (Lipinski definition) is 9. The van der Waals surface area contributed by atoms with Crippen LogP contribution in [0.15, 0.2) is 66.7 Å². The molecule has 1 N–H and O–H groups in total. The van der Waals surface area contributed by atoms with Gasteiger partial charge in [-0.05, 0) is 66.8 Å². The number of methoxy groups -OCH3 is 3. The lowest BCUT2D eigenvalue weighted by molar-refractivity contribution is -0.141. The average Bonchev–Trinajstić information content (AvgIpc) is 3.75. The normalized spacial score (nSPS) is 15.0. The highest BCUT2D eigenvalue weighted by Crippen LogP contribution is 2.29. The van der Waals surface area contributed by atoms with Crippen molar-refractivity contribution in [1.29, 1.82) is 0 Å². The smallest absolute Gasteiger partial charge is 0.337 e. The van der Waals surface area contributed by atoms with Crippen LogP contribution in [0.2, 0.25) is 0 Å². The fraction of sp³-hybridized carbons (Fsp3) is 0.364. The molecule has 236 valence electrons. The minimum absolute atomic E-state index is 0.0891. The largest absolute Gasteiger partial charge is 0.493 e. The number of aromatic nitrogens is 3. The van der Waals surface area contributed by atoms with Crippen LogP contribution in [-0.2, 0) is 32.0 Å². The Morgan fingerprint density at radius 2 is 1.80 bits per heavy atom. The van der Waals surface area contributed by atoms with Gasteiger partial charge in [-0.1, -0.05) is 35.5 Å². The van der Waals surface area contributed by atoms with Crippen molar-refractivity contribution in [1.82, 2.24) is 25.2 Å². The molecule has 5 rings (SSSR count). The number of fused-ring (bicyclic) bond motifs is 1. The highest BCUT2D eigenvalue weighted by atomic mass is 16.5. The SMILES string of the molecule is COC(=O)c1ccc([C@@H](C(=O)NC[C@@H]2CCCO2)N(CCc2ccc(OC)c(OC)c2)C(=O)Cn2nnc3ccccc32)cc1. The number of nitrogens with zero attached hydrogens (tertiary/aromatic N) is 4. The molecular weight excluding hydrogens is 578 g/mol. The summed E-state index contributed by atoms with van der Waals surface area (Å²) in [6.07, 6.45) is 2.11. The van der Waals surface area contributed by atoms with E-state index in [1.165, 1.54) is 11.8 Å². The first-order valence-electron chi connectivity index (χ1n) is 14.8. The second-order valence-electron chi connectivity index (χ2n) is 10.7. The number of ether oxygens (including phenoxy) is 4. The molecule has 1 fully saturated rings. The molecule has 0 radical (unpaired) electrons. The Hall–Kier alpha value is -4.97. The first-order chi connectivity index (χ1) is 21.9. The van der Waals surface area contributed by atoms with Crippen LogP contribution in [-0.4, -0.2) is 84.8 Å². The summed E-state index contributed by atoms with van der Waals surface area (Å²) in [5, 5.41) is 11.4. The molecule has 2 atom stereocenters. The summed E-state index contributed by atoms with van der Waals surface area (Å²) in [5.41, 5.74) is 3.11. The highest BCUT2D eigenvalue weighted by molar-refractivity contribution is 5.91. The van der Waals surface area contributed by atoms with Crippen LogP contribution >= 0.6 is 0 Å². The third kappa shape index (κ3) is 7.40. The second-order valence-corrected chi connectivity index (χ2v) is 10.7. The molecule has 12 nitrogen and oxygen atoms in total. The van der Waals surface area contributed by atoms with Gasteiger partial charge in [0.2, 0.25) is 11.8 Å². The van der Waals surface area contributed by atoms with Crippen LogP contribution in [0.1, 0.15) is 40.4 Å². The van der Waals surface area contributed by atoms with E-state index in [-0.39, 0.29) is 31.0 Å². The number of esters is 1. The quantitative estimate of drug-likeness (QED) is 0.225. The summed E-state index contributed by atoms with van der Waals surface area (Å²) in [7, 11) is 4.43. The van der Waals surface area contributed by atoms with E-state index in [2.05, 4.69) is 15.6 Å². The Balaban J connectivity index is 1.49. The predicted octanol–water partition coefficient (Wildman–Crippen LogP) is 3.34. The Morgan fingerprint density at radius 3 is 2.51 bits per heavy atom.